The first-order valence-corrected chi connectivity index (χ1v) is 7.93. The molecule has 1 heterocycles. The number of alkyl halides is 1. The molecule has 5 heteroatoms. The topological polar surface area (TPSA) is 17.8 Å². The maximum atomic E-state index is 13.4. The Bertz CT molecular complexity index is 813. The Labute approximate surface area is 135 Å². The first kappa shape index (κ1) is 14.5. The second-order valence-corrected chi connectivity index (χ2v) is 6.05. The van der Waals surface area contributed by atoms with Crippen LogP contribution in [0.1, 0.15) is 11.4 Å². The Morgan fingerprint density at radius 3 is 2.86 bits per heavy atom. The van der Waals surface area contributed by atoms with E-state index in [0.717, 1.165) is 27.1 Å². The Balaban J connectivity index is 2.33. The predicted molar refractivity (Wildman–Crippen MR) is 87.9 cm³/mol. The molecule has 0 saturated heterocycles. The maximum absolute atomic E-state index is 13.4. The van der Waals surface area contributed by atoms with Crippen molar-refractivity contribution in [3.05, 3.63) is 58.1 Å². The van der Waals surface area contributed by atoms with Gasteiger partial charge >= 0.3 is 0 Å². The van der Waals surface area contributed by atoms with Crippen molar-refractivity contribution in [2.75, 3.05) is 5.88 Å². The van der Waals surface area contributed by atoms with Gasteiger partial charge in [0, 0.05) is 22.8 Å². The van der Waals surface area contributed by atoms with Crippen LogP contribution in [0.15, 0.2) is 40.9 Å². The van der Waals surface area contributed by atoms with Crippen molar-refractivity contribution in [1.29, 1.82) is 0 Å². The molecule has 2 nitrogen and oxygen atoms in total. The monoisotopic (exact) mass is 366 g/mol. The number of benzene rings is 2. The molecule has 0 unspecified atom stereocenters. The Hall–Kier alpha value is -1.39. The van der Waals surface area contributed by atoms with E-state index in [2.05, 4.69) is 25.5 Å². The van der Waals surface area contributed by atoms with Crippen LogP contribution in [0.3, 0.4) is 0 Å². The summed E-state index contributed by atoms with van der Waals surface area (Å²) >= 11 is 9.44. The van der Waals surface area contributed by atoms with Crippen molar-refractivity contribution in [2.24, 2.45) is 0 Å². The highest BCUT2D eigenvalue weighted by Crippen LogP contribution is 2.28. The molecule has 21 heavy (non-hydrogen) atoms. The van der Waals surface area contributed by atoms with Crippen LogP contribution in [-0.4, -0.2) is 15.4 Å². The van der Waals surface area contributed by atoms with Crippen LogP contribution in [0.5, 0.6) is 0 Å². The first-order chi connectivity index (χ1) is 10.1. The van der Waals surface area contributed by atoms with Crippen LogP contribution >= 0.6 is 27.5 Å². The van der Waals surface area contributed by atoms with Crippen LogP contribution in [-0.2, 0) is 6.42 Å². The molecule has 0 spiro atoms. The van der Waals surface area contributed by atoms with E-state index in [1.165, 1.54) is 12.1 Å². The lowest BCUT2D eigenvalue weighted by Gasteiger charge is -2.12. The summed E-state index contributed by atoms with van der Waals surface area (Å²) in [6, 6.07) is 10.7. The fourth-order valence-corrected chi connectivity index (χ4v) is 2.99. The van der Waals surface area contributed by atoms with E-state index >= 15 is 0 Å². The lowest BCUT2D eigenvalue weighted by Crippen LogP contribution is -2.04. The smallest absolute Gasteiger partial charge is 0.125 e. The lowest BCUT2D eigenvalue weighted by molar-refractivity contribution is 0.629. The van der Waals surface area contributed by atoms with Gasteiger partial charge in [0.05, 0.1) is 16.7 Å². The number of aryl methyl sites for hydroxylation is 1. The lowest BCUT2D eigenvalue weighted by atomic mass is 10.2. The number of aromatic nitrogens is 2. The van der Waals surface area contributed by atoms with Crippen molar-refractivity contribution >= 4 is 38.6 Å². The SMILES string of the molecule is Cc1c(Br)cccc1-n1c(CCCl)nc2cc(F)ccc21. The summed E-state index contributed by atoms with van der Waals surface area (Å²) in [5, 5.41) is 0. The molecule has 0 atom stereocenters. The summed E-state index contributed by atoms with van der Waals surface area (Å²) in [4.78, 5) is 4.53. The van der Waals surface area contributed by atoms with Crippen LogP contribution in [0.4, 0.5) is 4.39 Å². The van der Waals surface area contributed by atoms with Gasteiger partial charge < -0.3 is 0 Å². The Kier molecular flexibility index (Phi) is 4.00. The average molecular weight is 368 g/mol. The molecule has 3 rings (SSSR count). The van der Waals surface area contributed by atoms with Crippen LogP contribution in [0.2, 0.25) is 0 Å². The van der Waals surface area contributed by atoms with Gasteiger partial charge in [0.1, 0.15) is 11.6 Å². The van der Waals surface area contributed by atoms with Crippen molar-refractivity contribution in [2.45, 2.75) is 13.3 Å². The van der Waals surface area contributed by atoms with Crippen molar-refractivity contribution in [1.82, 2.24) is 9.55 Å². The largest absolute Gasteiger partial charge is 0.296 e. The third-order valence-corrected chi connectivity index (χ3v) is 4.53. The zero-order chi connectivity index (χ0) is 15.0. The molecule has 0 saturated carbocycles. The number of imidazole rings is 1. The van der Waals surface area contributed by atoms with Gasteiger partial charge in [-0.15, -0.1) is 11.6 Å². The van der Waals surface area contributed by atoms with Gasteiger partial charge in [0.2, 0.25) is 0 Å². The molecule has 0 radical (unpaired) electrons. The number of nitrogens with zero attached hydrogens (tertiary/aromatic N) is 2. The molecule has 0 aliphatic rings. The molecule has 0 aliphatic carbocycles. The van der Waals surface area contributed by atoms with Gasteiger partial charge in [-0.25, -0.2) is 9.37 Å². The van der Waals surface area contributed by atoms with Gasteiger partial charge in [0.15, 0.2) is 0 Å². The minimum atomic E-state index is -0.282. The van der Waals surface area contributed by atoms with E-state index in [9.17, 15) is 4.39 Å². The minimum absolute atomic E-state index is 0.282. The van der Waals surface area contributed by atoms with Crippen molar-refractivity contribution in [3.8, 4) is 5.69 Å². The van der Waals surface area contributed by atoms with E-state index in [-0.39, 0.29) is 5.82 Å². The van der Waals surface area contributed by atoms with Gasteiger partial charge in [0.25, 0.3) is 0 Å². The van der Waals surface area contributed by atoms with E-state index in [0.29, 0.717) is 17.8 Å². The molecule has 3 aromatic rings. The standard InChI is InChI=1S/C16H13BrClFN2/c1-10-12(17)3-2-4-14(10)21-15-6-5-11(19)9-13(15)20-16(21)7-8-18/h2-6,9H,7-8H2,1H3. The fraction of sp³-hybridized carbons (Fsp3) is 0.188. The van der Waals surface area contributed by atoms with Crippen molar-refractivity contribution < 1.29 is 4.39 Å². The van der Waals surface area contributed by atoms with E-state index in [1.807, 2.05) is 25.1 Å². The van der Waals surface area contributed by atoms with Gasteiger partial charge in [-0.2, -0.15) is 0 Å². The number of halogens is 3. The number of rotatable bonds is 3. The molecule has 0 fully saturated rings. The molecular weight excluding hydrogens is 355 g/mol. The normalized spacial score (nSPS) is 11.2. The Morgan fingerprint density at radius 2 is 2.10 bits per heavy atom. The van der Waals surface area contributed by atoms with E-state index in [1.54, 1.807) is 6.07 Å². The second kappa shape index (κ2) is 5.78. The zero-order valence-electron chi connectivity index (χ0n) is 11.4. The highest BCUT2D eigenvalue weighted by Gasteiger charge is 2.15. The molecule has 108 valence electrons. The molecule has 0 N–H and O–H groups in total. The quantitative estimate of drug-likeness (QED) is 0.595. The van der Waals surface area contributed by atoms with Gasteiger partial charge in [-0.05, 0) is 36.8 Å². The van der Waals surface area contributed by atoms with Gasteiger partial charge in [-0.3, -0.25) is 4.57 Å². The number of fused-ring (bicyclic) bond motifs is 1. The molecule has 2 aromatic carbocycles. The number of hydrogen-bond donors (Lipinski definition) is 0. The van der Waals surface area contributed by atoms with Gasteiger partial charge in [-0.1, -0.05) is 22.0 Å². The average Bonchev–Trinajstić information content (AvgIpc) is 2.79. The van der Waals surface area contributed by atoms with Crippen molar-refractivity contribution in [3.63, 3.8) is 0 Å². The summed E-state index contributed by atoms with van der Waals surface area (Å²) in [6.07, 6.45) is 0.629. The van der Waals surface area contributed by atoms with Crippen LogP contribution < -0.4 is 0 Å². The Morgan fingerprint density at radius 1 is 1.29 bits per heavy atom. The second-order valence-electron chi connectivity index (χ2n) is 4.82. The summed E-state index contributed by atoms with van der Waals surface area (Å²) in [5.74, 6) is 1.03. The first-order valence-electron chi connectivity index (χ1n) is 6.60. The fourth-order valence-electron chi connectivity index (χ4n) is 2.46. The van der Waals surface area contributed by atoms with E-state index < -0.39 is 0 Å². The summed E-state index contributed by atoms with van der Waals surface area (Å²) < 4.78 is 16.5. The molecule has 0 amide bonds. The summed E-state index contributed by atoms with van der Waals surface area (Å²) in [7, 11) is 0. The summed E-state index contributed by atoms with van der Waals surface area (Å²) in [6.45, 7) is 2.04. The number of hydrogen-bond acceptors (Lipinski definition) is 1. The third-order valence-electron chi connectivity index (χ3n) is 3.48. The third kappa shape index (κ3) is 2.58. The zero-order valence-corrected chi connectivity index (χ0v) is 13.7. The molecule has 0 bridgehead atoms. The minimum Gasteiger partial charge on any atom is -0.296 e. The van der Waals surface area contributed by atoms with E-state index in [4.69, 9.17) is 11.6 Å². The predicted octanol–water partition coefficient (Wildman–Crippen LogP) is 5.02. The van der Waals surface area contributed by atoms with Crippen LogP contribution in [0, 0.1) is 12.7 Å². The molecule has 1 aromatic heterocycles. The molecular formula is C16H13BrClFN2. The highest BCUT2D eigenvalue weighted by atomic mass is 79.9. The highest BCUT2D eigenvalue weighted by molar-refractivity contribution is 9.10. The summed E-state index contributed by atoms with van der Waals surface area (Å²) in [5.41, 5.74) is 3.67. The maximum Gasteiger partial charge on any atom is 0.125 e. The molecule has 0 aliphatic heterocycles. The van der Waals surface area contributed by atoms with Crippen LogP contribution in [0.25, 0.3) is 16.7 Å².